The maximum atomic E-state index is 11.7. The molecule has 0 spiro atoms. The third-order valence-electron chi connectivity index (χ3n) is 2.13. The number of allylic oxidation sites excluding steroid dienone is 2. The van der Waals surface area contributed by atoms with Crippen LogP contribution in [-0.2, 0) is 19.1 Å². The van der Waals surface area contributed by atoms with E-state index in [1.165, 1.54) is 0 Å². The Morgan fingerprint density at radius 2 is 1.75 bits per heavy atom. The Kier molecular flexibility index (Phi) is 4.28. The van der Waals surface area contributed by atoms with Crippen molar-refractivity contribution in [3.63, 3.8) is 0 Å². The second-order valence-corrected chi connectivity index (χ2v) is 3.46. The van der Waals surface area contributed by atoms with Gasteiger partial charge in [0.05, 0.1) is 0 Å². The molecule has 1 fully saturated rings. The van der Waals surface area contributed by atoms with Crippen LogP contribution in [0.4, 0.5) is 0 Å². The van der Waals surface area contributed by atoms with E-state index in [4.69, 9.17) is 9.47 Å². The topological polar surface area (TPSA) is 52.6 Å². The van der Waals surface area contributed by atoms with Crippen LogP contribution in [0.15, 0.2) is 24.3 Å². The molecule has 0 aliphatic carbocycles. The minimum absolute atomic E-state index is 0.305. The lowest BCUT2D eigenvalue weighted by Crippen LogP contribution is -2.47. The lowest BCUT2D eigenvalue weighted by Gasteiger charge is -2.29. The maximum Gasteiger partial charge on any atom is 0.359 e. The molecule has 0 unspecified atom stereocenters. The highest BCUT2D eigenvalue weighted by atomic mass is 16.6. The Morgan fingerprint density at radius 1 is 1.19 bits per heavy atom. The van der Waals surface area contributed by atoms with Crippen molar-refractivity contribution in [2.24, 2.45) is 0 Å². The van der Waals surface area contributed by atoms with Gasteiger partial charge in [-0.1, -0.05) is 26.0 Å². The van der Waals surface area contributed by atoms with Crippen LogP contribution in [0.3, 0.4) is 0 Å². The second-order valence-electron chi connectivity index (χ2n) is 3.46. The standard InChI is InChI=1S/C12H16O4/c1-3-5-7-12(8-6-4-2)11(14)15-9-10(13)16-12/h5-8H,3-4,9H2,1-2H3/b7-5+,8-6+. The molecule has 0 amide bonds. The molecule has 4 nitrogen and oxygen atoms in total. The molecule has 1 aliphatic heterocycles. The summed E-state index contributed by atoms with van der Waals surface area (Å²) in [5, 5.41) is 0. The van der Waals surface area contributed by atoms with Crippen LogP contribution in [-0.4, -0.2) is 24.1 Å². The summed E-state index contributed by atoms with van der Waals surface area (Å²) in [6, 6.07) is 0. The number of hydrogen-bond donors (Lipinski definition) is 0. The predicted octanol–water partition coefficient (Wildman–Crippen LogP) is 1.76. The minimum atomic E-state index is -1.36. The van der Waals surface area contributed by atoms with E-state index in [1.807, 2.05) is 13.8 Å². The van der Waals surface area contributed by atoms with Crippen LogP contribution in [0.1, 0.15) is 26.7 Å². The fourth-order valence-electron chi connectivity index (χ4n) is 1.34. The zero-order valence-electron chi connectivity index (χ0n) is 9.56. The van der Waals surface area contributed by atoms with E-state index in [9.17, 15) is 9.59 Å². The molecule has 0 radical (unpaired) electrons. The van der Waals surface area contributed by atoms with E-state index in [2.05, 4.69) is 0 Å². The van der Waals surface area contributed by atoms with E-state index in [0.717, 1.165) is 12.8 Å². The van der Waals surface area contributed by atoms with Crippen molar-refractivity contribution in [1.29, 1.82) is 0 Å². The molecule has 0 bridgehead atoms. The molecule has 16 heavy (non-hydrogen) atoms. The van der Waals surface area contributed by atoms with Gasteiger partial charge in [-0.3, -0.25) is 0 Å². The number of rotatable bonds is 4. The van der Waals surface area contributed by atoms with Gasteiger partial charge in [-0.2, -0.15) is 0 Å². The lowest BCUT2D eigenvalue weighted by molar-refractivity contribution is -0.188. The van der Waals surface area contributed by atoms with Crippen molar-refractivity contribution < 1.29 is 19.1 Å². The van der Waals surface area contributed by atoms with Crippen LogP contribution >= 0.6 is 0 Å². The summed E-state index contributed by atoms with van der Waals surface area (Å²) in [7, 11) is 0. The average Bonchev–Trinajstić information content (AvgIpc) is 2.28. The third-order valence-corrected chi connectivity index (χ3v) is 2.13. The summed E-state index contributed by atoms with van der Waals surface area (Å²) < 4.78 is 9.89. The molecule has 1 rings (SSSR count). The first-order chi connectivity index (χ1) is 7.64. The molecule has 88 valence electrons. The molecule has 4 heteroatoms. The first-order valence-electron chi connectivity index (χ1n) is 5.39. The van der Waals surface area contributed by atoms with E-state index in [1.54, 1.807) is 24.3 Å². The predicted molar refractivity (Wildman–Crippen MR) is 58.6 cm³/mol. The average molecular weight is 224 g/mol. The van der Waals surface area contributed by atoms with Crippen molar-refractivity contribution in [1.82, 2.24) is 0 Å². The summed E-state index contributed by atoms with van der Waals surface area (Å²) in [5.74, 6) is -1.07. The summed E-state index contributed by atoms with van der Waals surface area (Å²) >= 11 is 0. The highest BCUT2D eigenvalue weighted by Crippen LogP contribution is 2.22. The number of carbonyl (C=O) groups excluding carboxylic acids is 2. The Hall–Kier alpha value is -1.58. The summed E-state index contributed by atoms with van der Waals surface area (Å²) in [4.78, 5) is 22.9. The van der Waals surface area contributed by atoms with Gasteiger partial charge in [0.25, 0.3) is 0 Å². The zero-order chi connectivity index (χ0) is 12.0. The van der Waals surface area contributed by atoms with Gasteiger partial charge in [-0.05, 0) is 25.0 Å². The summed E-state index contributed by atoms with van der Waals surface area (Å²) in [6.07, 6.45) is 8.20. The quantitative estimate of drug-likeness (QED) is 0.539. The van der Waals surface area contributed by atoms with Crippen molar-refractivity contribution in [2.75, 3.05) is 6.61 Å². The van der Waals surface area contributed by atoms with Crippen molar-refractivity contribution in [3.8, 4) is 0 Å². The highest BCUT2D eigenvalue weighted by Gasteiger charge is 2.43. The highest BCUT2D eigenvalue weighted by molar-refractivity contribution is 5.92. The normalized spacial score (nSPS) is 20.1. The molecule has 0 aromatic heterocycles. The van der Waals surface area contributed by atoms with E-state index in [0.29, 0.717) is 0 Å². The molecule has 1 aliphatic rings. The third kappa shape index (κ3) is 2.72. The molecule has 1 heterocycles. The van der Waals surface area contributed by atoms with Crippen LogP contribution in [0.2, 0.25) is 0 Å². The lowest BCUT2D eigenvalue weighted by atomic mass is 10.0. The van der Waals surface area contributed by atoms with Gasteiger partial charge in [0.15, 0.2) is 6.61 Å². The fourth-order valence-corrected chi connectivity index (χ4v) is 1.34. The Labute approximate surface area is 94.9 Å². The molecule has 0 aromatic carbocycles. The van der Waals surface area contributed by atoms with Gasteiger partial charge in [0, 0.05) is 0 Å². The van der Waals surface area contributed by atoms with Gasteiger partial charge in [-0.25, -0.2) is 9.59 Å². The molecule has 1 saturated heterocycles. The Morgan fingerprint density at radius 3 is 2.25 bits per heavy atom. The van der Waals surface area contributed by atoms with Crippen LogP contribution in [0.25, 0.3) is 0 Å². The van der Waals surface area contributed by atoms with E-state index >= 15 is 0 Å². The minimum Gasteiger partial charge on any atom is -0.450 e. The molecule has 0 atom stereocenters. The number of esters is 2. The smallest absolute Gasteiger partial charge is 0.359 e. The van der Waals surface area contributed by atoms with Crippen LogP contribution < -0.4 is 0 Å². The first kappa shape index (κ1) is 12.5. The van der Waals surface area contributed by atoms with Crippen molar-refractivity contribution in [2.45, 2.75) is 32.3 Å². The van der Waals surface area contributed by atoms with Gasteiger partial charge >= 0.3 is 11.9 Å². The Bertz CT molecular complexity index is 314. The number of ether oxygens (including phenoxy) is 2. The summed E-state index contributed by atoms with van der Waals surface area (Å²) in [6.45, 7) is 3.56. The van der Waals surface area contributed by atoms with Crippen molar-refractivity contribution in [3.05, 3.63) is 24.3 Å². The zero-order valence-corrected chi connectivity index (χ0v) is 9.56. The van der Waals surface area contributed by atoms with Gasteiger partial charge in [0.1, 0.15) is 0 Å². The number of hydrogen-bond acceptors (Lipinski definition) is 4. The van der Waals surface area contributed by atoms with Gasteiger partial charge < -0.3 is 9.47 Å². The molecular formula is C12H16O4. The van der Waals surface area contributed by atoms with E-state index < -0.39 is 17.5 Å². The molecule has 0 aromatic rings. The number of cyclic esters (lactones) is 2. The molecule has 0 N–H and O–H groups in total. The second kappa shape index (κ2) is 5.49. The SMILES string of the molecule is CC/C=C/C1(/C=C/CC)OC(=O)COC1=O. The van der Waals surface area contributed by atoms with Crippen molar-refractivity contribution >= 4 is 11.9 Å². The molecule has 0 saturated carbocycles. The van der Waals surface area contributed by atoms with Gasteiger partial charge in [-0.15, -0.1) is 0 Å². The monoisotopic (exact) mass is 224 g/mol. The van der Waals surface area contributed by atoms with Crippen LogP contribution in [0.5, 0.6) is 0 Å². The fraction of sp³-hybridized carbons (Fsp3) is 0.500. The maximum absolute atomic E-state index is 11.7. The largest absolute Gasteiger partial charge is 0.450 e. The summed E-state index contributed by atoms with van der Waals surface area (Å²) in [5.41, 5.74) is -1.36. The molecular weight excluding hydrogens is 208 g/mol. The van der Waals surface area contributed by atoms with E-state index in [-0.39, 0.29) is 6.61 Å². The first-order valence-corrected chi connectivity index (χ1v) is 5.39. The van der Waals surface area contributed by atoms with Crippen LogP contribution in [0, 0.1) is 0 Å². The van der Waals surface area contributed by atoms with Gasteiger partial charge in [0.2, 0.25) is 5.60 Å². The number of carbonyl (C=O) groups is 2. The Balaban J connectivity index is 2.99.